The third-order valence-electron chi connectivity index (χ3n) is 5.34. The van der Waals surface area contributed by atoms with Gasteiger partial charge in [-0.2, -0.15) is 0 Å². The van der Waals surface area contributed by atoms with Crippen molar-refractivity contribution in [1.82, 2.24) is 10.3 Å². The van der Waals surface area contributed by atoms with Gasteiger partial charge >= 0.3 is 0 Å². The zero-order valence-corrected chi connectivity index (χ0v) is 20.2. The second-order valence-electron chi connectivity index (χ2n) is 7.96. The zero-order valence-electron chi connectivity index (χ0n) is 19.3. The first-order chi connectivity index (χ1) is 16.4. The quantitative estimate of drug-likeness (QED) is 0.343. The maximum Gasteiger partial charge on any atom is 0.257 e. The van der Waals surface area contributed by atoms with Crippen LogP contribution in [0.25, 0.3) is 22.6 Å². The largest absolute Gasteiger partial charge is 0.493 e. The molecule has 0 aliphatic carbocycles. The van der Waals surface area contributed by atoms with Gasteiger partial charge in [-0.15, -0.1) is 0 Å². The van der Waals surface area contributed by atoms with E-state index in [4.69, 9.17) is 26.1 Å². The van der Waals surface area contributed by atoms with E-state index < -0.39 is 0 Å². The van der Waals surface area contributed by atoms with E-state index in [9.17, 15) is 4.79 Å². The number of aromatic nitrogens is 1. The van der Waals surface area contributed by atoms with Crippen LogP contribution in [-0.4, -0.2) is 30.2 Å². The number of amides is 1. The molecule has 1 heterocycles. The third-order valence-corrected chi connectivity index (χ3v) is 5.55. The van der Waals surface area contributed by atoms with Crippen LogP contribution in [0.2, 0.25) is 0 Å². The monoisotopic (exact) mass is 475 g/mol. The number of thiocarbonyl (C=S) groups is 1. The van der Waals surface area contributed by atoms with Crippen molar-refractivity contribution in [3.05, 3.63) is 71.8 Å². The molecular weight excluding hydrogens is 450 g/mol. The SMILES string of the molecule is COc1ccc(C(=O)NC(=S)Nc2ccc3oc(-c4ccc(C(C)C)cc4)nc3c2)cc1OC. The highest BCUT2D eigenvalue weighted by Crippen LogP contribution is 2.28. The van der Waals surface area contributed by atoms with Gasteiger partial charge in [0, 0.05) is 16.8 Å². The van der Waals surface area contributed by atoms with E-state index in [0.717, 1.165) is 5.56 Å². The molecule has 0 aliphatic heterocycles. The molecule has 0 saturated heterocycles. The van der Waals surface area contributed by atoms with Gasteiger partial charge in [-0.25, -0.2) is 4.98 Å². The number of ether oxygens (including phenoxy) is 2. The van der Waals surface area contributed by atoms with Gasteiger partial charge in [-0.05, 0) is 72.2 Å². The molecule has 0 bridgehead atoms. The zero-order chi connectivity index (χ0) is 24.2. The summed E-state index contributed by atoms with van der Waals surface area (Å²) < 4.78 is 16.4. The van der Waals surface area contributed by atoms with Crippen LogP contribution in [0.15, 0.2) is 65.1 Å². The summed E-state index contributed by atoms with van der Waals surface area (Å²) in [7, 11) is 3.05. The minimum absolute atomic E-state index is 0.159. The highest BCUT2D eigenvalue weighted by Gasteiger charge is 2.13. The lowest BCUT2D eigenvalue weighted by atomic mass is 10.0. The summed E-state index contributed by atoms with van der Waals surface area (Å²) >= 11 is 5.32. The van der Waals surface area contributed by atoms with Crippen LogP contribution in [0, 0.1) is 0 Å². The maximum atomic E-state index is 12.6. The average Bonchev–Trinajstić information content (AvgIpc) is 3.27. The molecule has 0 saturated carbocycles. The second-order valence-corrected chi connectivity index (χ2v) is 8.36. The maximum absolute atomic E-state index is 12.6. The minimum Gasteiger partial charge on any atom is -0.493 e. The topological polar surface area (TPSA) is 85.6 Å². The van der Waals surface area contributed by atoms with Gasteiger partial charge in [0.2, 0.25) is 5.89 Å². The normalized spacial score (nSPS) is 10.9. The van der Waals surface area contributed by atoms with Crippen molar-refractivity contribution in [1.29, 1.82) is 0 Å². The molecule has 4 aromatic rings. The minimum atomic E-state index is -0.368. The number of nitrogens with zero attached hydrogens (tertiary/aromatic N) is 1. The first-order valence-electron chi connectivity index (χ1n) is 10.7. The molecule has 8 heteroatoms. The average molecular weight is 476 g/mol. The van der Waals surface area contributed by atoms with Crippen molar-refractivity contribution < 1.29 is 18.7 Å². The number of nitrogens with one attached hydrogen (secondary N) is 2. The molecule has 0 spiro atoms. The lowest BCUT2D eigenvalue weighted by molar-refractivity contribution is 0.0977. The third kappa shape index (κ3) is 5.02. The van der Waals surface area contributed by atoms with E-state index in [-0.39, 0.29) is 11.0 Å². The van der Waals surface area contributed by atoms with Crippen LogP contribution < -0.4 is 20.1 Å². The fourth-order valence-electron chi connectivity index (χ4n) is 3.45. The number of fused-ring (bicyclic) bond motifs is 1. The Morgan fingerprint density at radius 2 is 1.71 bits per heavy atom. The fourth-order valence-corrected chi connectivity index (χ4v) is 3.66. The number of anilines is 1. The van der Waals surface area contributed by atoms with Crippen LogP contribution >= 0.6 is 12.2 Å². The molecule has 3 aromatic carbocycles. The summed E-state index contributed by atoms with van der Waals surface area (Å²) in [6.07, 6.45) is 0. The van der Waals surface area contributed by atoms with Gasteiger partial charge in [-0.3, -0.25) is 10.1 Å². The molecule has 34 heavy (non-hydrogen) atoms. The molecule has 0 fully saturated rings. The number of oxazole rings is 1. The summed E-state index contributed by atoms with van der Waals surface area (Å²) in [5.41, 5.74) is 4.58. The van der Waals surface area contributed by atoms with Gasteiger partial charge in [0.1, 0.15) is 5.52 Å². The van der Waals surface area contributed by atoms with E-state index >= 15 is 0 Å². The summed E-state index contributed by atoms with van der Waals surface area (Å²) in [6.45, 7) is 4.31. The fraction of sp³-hybridized carbons (Fsp3) is 0.192. The number of carbonyl (C=O) groups excluding carboxylic acids is 1. The predicted molar refractivity (Wildman–Crippen MR) is 137 cm³/mol. The molecule has 0 radical (unpaired) electrons. The van der Waals surface area contributed by atoms with E-state index in [1.165, 1.54) is 19.8 Å². The molecule has 7 nitrogen and oxygen atoms in total. The Kier molecular flexibility index (Phi) is 6.79. The van der Waals surface area contributed by atoms with Crippen LogP contribution in [0.1, 0.15) is 35.7 Å². The van der Waals surface area contributed by atoms with Crippen LogP contribution in [0.4, 0.5) is 5.69 Å². The Morgan fingerprint density at radius 3 is 2.38 bits per heavy atom. The molecule has 174 valence electrons. The lowest BCUT2D eigenvalue weighted by Crippen LogP contribution is -2.34. The van der Waals surface area contributed by atoms with Crippen molar-refractivity contribution in [3.8, 4) is 23.0 Å². The Labute approximate surface area is 203 Å². The molecule has 4 rings (SSSR count). The van der Waals surface area contributed by atoms with Crippen molar-refractivity contribution in [3.63, 3.8) is 0 Å². The molecule has 2 N–H and O–H groups in total. The van der Waals surface area contributed by atoms with Crippen molar-refractivity contribution in [2.75, 3.05) is 19.5 Å². The molecule has 0 aliphatic rings. The Balaban J connectivity index is 1.45. The van der Waals surface area contributed by atoms with E-state index in [2.05, 4.69) is 41.6 Å². The summed E-state index contributed by atoms with van der Waals surface area (Å²) in [5, 5.41) is 5.84. The van der Waals surface area contributed by atoms with Gasteiger partial charge < -0.3 is 19.2 Å². The number of methoxy groups -OCH3 is 2. The number of rotatable bonds is 6. The second kappa shape index (κ2) is 9.93. The molecular formula is C26H25N3O4S. The van der Waals surface area contributed by atoms with Crippen molar-refractivity contribution >= 4 is 40.0 Å². The molecule has 1 amide bonds. The summed E-state index contributed by atoms with van der Waals surface area (Å²) in [6, 6.07) is 18.5. The molecule has 1 aromatic heterocycles. The first-order valence-corrected chi connectivity index (χ1v) is 11.1. The number of hydrogen-bond donors (Lipinski definition) is 2. The van der Waals surface area contributed by atoms with Crippen molar-refractivity contribution in [2.24, 2.45) is 0 Å². The number of benzene rings is 3. The highest BCUT2D eigenvalue weighted by molar-refractivity contribution is 7.80. The highest BCUT2D eigenvalue weighted by atomic mass is 32.1. The summed E-state index contributed by atoms with van der Waals surface area (Å²) in [4.78, 5) is 17.2. The number of carbonyl (C=O) groups is 1. The Morgan fingerprint density at radius 1 is 0.971 bits per heavy atom. The molecule has 0 unspecified atom stereocenters. The Bertz CT molecular complexity index is 1350. The van der Waals surface area contributed by atoms with E-state index in [1.54, 1.807) is 18.2 Å². The van der Waals surface area contributed by atoms with Crippen LogP contribution in [0.3, 0.4) is 0 Å². The lowest BCUT2D eigenvalue weighted by Gasteiger charge is -2.11. The Hall–Kier alpha value is -3.91. The smallest absolute Gasteiger partial charge is 0.257 e. The van der Waals surface area contributed by atoms with Crippen LogP contribution in [-0.2, 0) is 0 Å². The van der Waals surface area contributed by atoms with Crippen LogP contribution in [0.5, 0.6) is 11.5 Å². The van der Waals surface area contributed by atoms with Gasteiger partial charge in [0.25, 0.3) is 5.91 Å². The predicted octanol–water partition coefficient (Wildman–Crippen LogP) is 5.76. The van der Waals surface area contributed by atoms with Gasteiger partial charge in [0.05, 0.1) is 14.2 Å². The molecule has 0 atom stereocenters. The first kappa shape index (κ1) is 23.3. The number of hydrogen-bond acceptors (Lipinski definition) is 6. The summed E-state index contributed by atoms with van der Waals surface area (Å²) in [5.74, 6) is 1.64. The standard InChI is InChI=1S/C26H25N3O4S/c1-15(2)16-5-7-17(8-6-16)25-28-20-14-19(10-12-21(20)33-25)27-26(34)29-24(30)18-9-11-22(31-3)23(13-18)32-4/h5-15H,1-4H3,(H2,27,29,30,34). The van der Waals surface area contributed by atoms with E-state index in [0.29, 0.717) is 45.7 Å². The van der Waals surface area contributed by atoms with E-state index in [1.807, 2.05) is 30.3 Å². The van der Waals surface area contributed by atoms with Gasteiger partial charge in [0.15, 0.2) is 22.2 Å². The van der Waals surface area contributed by atoms with Gasteiger partial charge in [-0.1, -0.05) is 26.0 Å². The van der Waals surface area contributed by atoms with Crippen molar-refractivity contribution in [2.45, 2.75) is 19.8 Å².